The van der Waals surface area contributed by atoms with Gasteiger partial charge in [0.15, 0.2) is 0 Å². The Morgan fingerprint density at radius 2 is 0.948 bits per heavy atom. The maximum absolute atomic E-state index is 12.5. The summed E-state index contributed by atoms with van der Waals surface area (Å²) >= 11 is 0. The van der Waals surface area contributed by atoms with E-state index in [9.17, 15) is 19.5 Å². The summed E-state index contributed by atoms with van der Waals surface area (Å²) in [7, 11) is 0. The molecule has 0 heterocycles. The molecule has 1 rings (SSSR count). The molecule has 9 heteroatoms. The van der Waals surface area contributed by atoms with Gasteiger partial charge in [0.2, 0.25) is 0 Å². The number of unbranched alkanes of at least 4 members (excludes halogenated alkanes) is 19. The van der Waals surface area contributed by atoms with Crippen molar-refractivity contribution in [1.82, 2.24) is 9.80 Å². The smallest absolute Gasteiger partial charge is 0.305 e. The number of nitrogens with zero attached hydrogens (tertiary/aromatic N) is 2. The highest BCUT2D eigenvalue weighted by Crippen LogP contribution is 2.24. The molecule has 0 amide bonds. The third-order valence-corrected chi connectivity index (χ3v) is 12.1. The first-order valence-corrected chi connectivity index (χ1v) is 25.0. The van der Waals surface area contributed by atoms with Crippen molar-refractivity contribution in [2.45, 2.75) is 232 Å². The van der Waals surface area contributed by atoms with Gasteiger partial charge in [0.25, 0.3) is 0 Å². The quantitative estimate of drug-likeness (QED) is 0.0365. The van der Waals surface area contributed by atoms with Crippen molar-refractivity contribution in [2.75, 3.05) is 59.2 Å². The second kappa shape index (κ2) is 40.7. The molecule has 1 N–H and O–H groups in total. The first kappa shape index (κ1) is 54.3. The molecule has 0 aromatic heterocycles. The maximum atomic E-state index is 12.5. The molecule has 0 aliphatic heterocycles. The van der Waals surface area contributed by atoms with Gasteiger partial charge >= 0.3 is 17.9 Å². The van der Waals surface area contributed by atoms with Crippen LogP contribution in [-0.2, 0) is 28.6 Å². The summed E-state index contributed by atoms with van der Waals surface area (Å²) in [6.45, 7) is 12.5. The summed E-state index contributed by atoms with van der Waals surface area (Å²) in [6.07, 6.45) is 34.7. The SMILES string of the molecule is CCCCCCCCCCCOC(=O)CCCCCN(CCN(CCO)CCCCC(COC(=O)CCCCCCC)COC(=O)CCCCCCC)C1CCCC1. The Hall–Kier alpha value is -1.71. The van der Waals surface area contributed by atoms with Gasteiger partial charge in [0, 0.05) is 50.9 Å². The van der Waals surface area contributed by atoms with Gasteiger partial charge in [-0.05, 0) is 70.9 Å². The summed E-state index contributed by atoms with van der Waals surface area (Å²) in [5.74, 6) is -0.334. The fourth-order valence-electron chi connectivity index (χ4n) is 8.22. The second-order valence-electron chi connectivity index (χ2n) is 17.5. The molecular formula is C49H94N2O7. The van der Waals surface area contributed by atoms with Crippen molar-refractivity contribution in [3.8, 4) is 0 Å². The number of hydrogen-bond donors (Lipinski definition) is 1. The van der Waals surface area contributed by atoms with Crippen molar-refractivity contribution in [1.29, 1.82) is 0 Å². The van der Waals surface area contributed by atoms with Gasteiger partial charge in [-0.25, -0.2) is 0 Å². The second-order valence-corrected chi connectivity index (χ2v) is 17.5. The molecule has 9 nitrogen and oxygen atoms in total. The van der Waals surface area contributed by atoms with E-state index in [0.717, 1.165) is 116 Å². The summed E-state index contributed by atoms with van der Waals surface area (Å²) < 4.78 is 16.9. The van der Waals surface area contributed by atoms with E-state index in [4.69, 9.17) is 14.2 Å². The number of aliphatic hydroxyl groups is 1. The molecule has 1 fully saturated rings. The van der Waals surface area contributed by atoms with Crippen molar-refractivity contribution < 1.29 is 33.7 Å². The molecule has 1 aliphatic rings. The third kappa shape index (κ3) is 33.1. The lowest BCUT2D eigenvalue weighted by atomic mass is 10.0. The number of aliphatic hydroxyl groups excluding tert-OH is 1. The van der Waals surface area contributed by atoms with E-state index in [0.29, 0.717) is 51.7 Å². The summed E-state index contributed by atoms with van der Waals surface area (Å²) in [5, 5.41) is 9.90. The van der Waals surface area contributed by atoms with Crippen molar-refractivity contribution in [3.63, 3.8) is 0 Å². The van der Waals surface area contributed by atoms with Gasteiger partial charge in [0.05, 0.1) is 26.4 Å². The molecule has 0 aromatic carbocycles. The van der Waals surface area contributed by atoms with E-state index in [2.05, 4.69) is 30.6 Å². The Labute approximate surface area is 357 Å². The fraction of sp³-hybridized carbons (Fsp3) is 0.939. The average molecular weight is 823 g/mol. The highest BCUT2D eigenvalue weighted by atomic mass is 16.5. The molecule has 1 saturated carbocycles. The molecule has 0 bridgehead atoms. The van der Waals surface area contributed by atoms with Crippen LogP contribution in [0.1, 0.15) is 226 Å². The van der Waals surface area contributed by atoms with Gasteiger partial charge in [-0.15, -0.1) is 0 Å². The van der Waals surface area contributed by atoms with Crippen LogP contribution in [0.3, 0.4) is 0 Å². The summed E-state index contributed by atoms with van der Waals surface area (Å²) in [4.78, 5) is 42.4. The van der Waals surface area contributed by atoms with Crippen LogP contribution < -0.4 is 0 Å². The van der Waals surface area contributed by atoms with E-state index in [-0.39, 0.29) is 30.4 Å². The number of ether oxygens (including phenoxy) is 3. The Morgan fingerprint density at radius 3 is 1.47 bits per heavy atom. The minimum Gasteiger partial charge on any atom is -0.466 e. The minimum atomic E-state index is -0.147. The Bertz CT molecular complexity index is 914. The Kier molecular flexibility index (Phi) is 38.1. The zero-order chi connectivity index (χ0) is 42.2. The fourth-order valence-corrected chi connectivity index (χ4v) is 8.22. The van der Waals surface area contributed by atoms with E-state index in [1.54, 1.807) is 0 Å². The molecule has 0 aromatic rings. The molecule has 0 atom stereocenters. The van der Waals surface area contributed by atoms with Gasteiger partial charge in [-0.3, -0.25) is 24.2 Å². The molecule has 0 spiro atoms. The predicted octanol–water partition coefficient (Wildman–Crippen LogP) is 11.8. The van der Waals surface area contributed by atoms with E-state index in [1.165, 1.54) is 96.3 Å². The number of hydrogen-bond acceptors (Lipinski definition) is 9. The van der Waals surface area contributed by atoms with E-state index >= 15 is 0 Å². The lowest BCUT2D eigenvalue weighted by Crippen LogP contribution is -2.41. The van der Waals surface area contributed by atoms with Crippen LogP contribution in [0.2, 0.25) is 0 Å². The zero-order valence-corrected chi connectivity index (χ0v) is 38.4. The predicted molar refractivity (Wildman–Crippen MR) is 240 cm³/mol. The van der Waals surface area contributed by atoms with Crippen LogP contribution in [0.4, 0.5) is 0 Å². The monoisotopic (exact) mass is 823 g/mol. The average Bonchev–Trinajstić information content (AvgIpc) is 3.76. The lowest BCUT2D eigenvalue weighted by molar-refractivity contribution is -0.149. The van der Waals surface area contributed by atoms with Crippen molar-refractivity contribution >= 4 is 17.9 Å². The maximum Gasteiger partial charge on any atom is 0.305 e. The Balaban J connectivity index is 2.45. The Morgan fingerprint density at radius 1 is 0.500 bits per heavy atom. The molecule has 342 valence electrons. The van der Waals surface area contributed by atoms with Gasteiger partial charge < -0.3 is 19.3 Å². The highest BCUT2D eigenvalue weighted by molar-refractivity contribution is 5.70. The first-order chi connectivity index (χ1) is 28.4. The zero-order valence-electron chi connectivity index (χ0n) is 38.4. The van der Waals surface area contributed by atoms with Crippen LogP contribution in [-0.4, -0.2) is 98.0 Å². The normalized spacial score (nSPS) is 13.3. The van der Waals surface area contributed by atoms with E-state index < -0.39 is 0 Å². The molecule has 1 aliphatic carbocycles. The summed E-state index contributed by atoms with van der Waals surface area (Å²) in [6, 6.07) is 0.635. The number of esters is 3. The van der Waals surface area contributed by atoms with Crippen molar-refractivity contribution in [3.05, 3.63) is 0 Å². The summed E-state index contributed by atoms with van der Waals surface area (Å²) in [5.41, 5.74) is 0. The largest absolute Gasteiger partial charge is 0.466 e. The molecule has 0 saturated heterocycles. The van der Waals surface area contributed by atoms with Crippen LogP contribution in [0.15, 0.2) is 0 Å². The number of rotatable bonds is 43. The standard InChI is InChI=1S/C49H94N2O7/c1-4-7-10-13-14-15-16-19-29-42-56-47(53)33-23-20-27-37-51(46-31-24-25-32-46)39-38-50(40-41-52)36-28-26-30-45(43-57-48(54)34-21-17-11-8-5-2)44-58-49(55)35-22-18-12-9-6-3/h45-46,52H,4-44H2,1-3H3. The highest BCUT2D eigenvalue weighted by Gasteiger charge is 2.23. The van der Waals surface area contributed by atoms with Gasteiger partial charge in [0.1, 0.15) is 0 Å². The van der Waals surface area contributed by atoms with E-state index in [1.807, 2.05) is 0 Å². The van der Waals surface area contributed by atoms with Crippen LogP contribution in [0, 0.1) is 5.92 Å². The lowest BCUT2D eigenvalue weighted by Gasteiger charge is -2.32. The van der Waals surface area contributed by atoms with Crippen LogP contribution in [0.5, 0.6) is 0 Å². The molecule has 0 unspecified atom stereocenters. The number of carbonyl (C=O) groups is 3. The first-order valence-electron chi connectivity index (χ1n) is 25.0. The van der Waals surface area contributed by atoms with Gasteiger partial charge in [-0.1, -0.05) is 149 Å². The minimum absolute atomic E-state index is 0.00111. The molecule has 58 heavy (non-hydrogen) atoms. The van der Waals surface area contributed by atoms with Crippen LogP contribution in [0.25, 0.3) is 0 Å². The van der Waals surface area contributed by atoms with Crippen molar-refractivity contribution in [2.24, 2.45) is 5.92 Å². The topological polar surface area (TPSA) is 106 Å². The van der Waals surface area contributed by atoms with Crippen LogP contribution >= 0.6 is 0 Å². The van der Waals surface area contributed by atoms with Gasteiger partial charge in [-0.2, -0.15) is 0 Å². The molecular weight excluding hydrogens is 729 g/mol. The molecule has 0 radical (unpaired) electrons. The number of carbonyl (C=O) groups excluding carboxylic acids is 3. The third-order valence-electron chi connectivity index (χ3n) is 12.1.